The van der Waals surface area contributed by atoms with Crippen LogP contribution in [0.15, 0.2) is 59.1 Å². The van der Waals surface area contributed by atoms with Crippen LogP contribution in [0.25, 0.3) is 22.0 Å². The number of hydrogen-bond donors (Lipinski definition) is 0. The van der Waals surface area contributed by atoms with E-state index < -0.39 is 0 Å². The topological polar surface area (TPSA) is 46.8 Å². The van der Waals surface area contributed by atoms with Crippen molar-refractivity contribution < 1.29 is 0 Å². The molecule has 0 atom stereocenters. The summed E-state index contributed by atoms with van der Waals surface area (Å²) in [5, 5.41) is 12.9. The van der Waals surface area contributed by atoms with Crippen molar-refractivity contribution >= 4 is 28.8 Å². The van der Waals surface area contributed by atoms with E-state index in [2.05, 4.69) is 94.3 Å². The van der Waals surface area contributed by atoms with Gasteiger partial charge in [0.2, 0.25) is 0 Å². The summed E-state index contributed by atoms with van der Waals surface area (Å²) in [5.74, 6) is 1.65. The molecule has 0 bridgehead atoms. The SMILES string of the molecule is CCN(CC)c1ccc(-c2nnc(SCc3csc(-c4cccc(C)c4)n3)n2C)cc1. The molecule has 7 heteroatoms. The summed E-state index contributed by atoms with van der Waals surface area (Å²) in [6.07, 6.45) is 0. The second-order valence-corrected chi connectivity index (χ2v) is 9.19. The zero-order chi connectivity index (χ0) is 21.8. The van der Waals surface area contributed by atoms with E-state index in [4.69, 9.17) is 4.98 Å². The molecule has 0 radical (unpaired) electrons. The molecule has 0 aliphatic rings. The van der Waals surface area contributed by atoms with Crippen LogP contribution in [0.4, 0.5) is 5.69 Å². The third kappa shape index (κ3) is 4.83. The zero-order valence-electron chi connectivity index (χ0n) is 18.4. The number of anilines is 1. The van der Waals surface area contributed by atoms with Crippen LogP contribution >= 0.6 is 23.1 Å². The van der Waals surface area contributed by atoms with Gasteiger partial charge in [-0.2, -0.15) is 0 Å². The minimum absolute atomic E-state index is 0.773. The molecule has 0 N–H and O–H groups in total. The molecule has 0 fully saturated rings. The minimum atomic E-state index is 0.773. The van der Waals surface area contributed by atoms with Crippen molar-refractivity contribution in [2.75, 3.05) is 18.0 Å². The van der Waals surface area contributed by atoms with Crippen LogP contribution in [0.1, 0.15) is 25.1 Å². The molecule has 0 spiro atoms. The average molecular weight is 450 g/mol. The third-order valence-electron chi connectivity index (χ3n) is 5.25. The highest BCUT2D eigenvalue weighted by atomic mass is 32.2. The van der Waals surface area contributed by atoms with Gasteiger partial charge in [-0.3, -0.25) is 0 Å². The van der Waals surface area contributed by atoms with Crippen molar-refractivity contribution in [2.24, 2.45) is 7.05 Å². The number of nitrogens with zero attached hydrogens (tertiary/aromatic N) is 5. The molecule has 4 rings (SSSR count). The van der Waals surface area contributed by atoms with E-state index in [-0.39, 0.29) is 0 Å². The van der Waals surface area contributed by atoms with Gasteiger partial charge < -0.3 is 9.47 Å². The minimum Gasteiger partial charge on any atom is -0.372 e. The lowest BCUT2D eigenvalue weighted by molar-refractivity contribution is 0.793. The Hall–Kier alpha value is -2.64. The molecule has 2 aromatic heterocycles. The lowest BCUT2D eigenvalue weighted by Crippen LogP contribution is -2.21. The first kappa shape index (κ1) is 21.6. The van der Waals surface area contributed by atoms with Gasteiger partial charge in [-0.15, -0.1) is 21.5 Å². The number of aromatic nitrogens is 4. The lowest BCUT2D eigenvalue weighted by Gasteiger charge is -2.21. The van der Waals surface area contributed by atoms with Crippen LogP contribution < -0.4 is 4.90 Å². The first-order valence-corrected chi connectivity index (χ1v) is 12.3. The number of benzene rings is 2. The predicted molar refractivity (Wildman–Crippen MR) is 132 cm³/mol. The summed E-state index contributed by atoms with van der Waals surface area (Å²) in [7, 11) is 2.02. The summed E-state index contributed by atoms with van der Waals surface area (Å²) in [5.41, 5.74) is 5.81. The Morgan fingerprint density at radius 1 is 1.00 bits per heavy atom. The number of aryl methyl sites for hydroxylation is 1. The Balaban J connectivity index is 1.44. The fourth-order valence-corrected chi connectivity index (χ4v) is 5.25. The summed E-state index contributed by atoms with van der Waals surface area (Å²) in [6.45, 7) is 8.47. The Kier molecular flexibility index (Phi) is 6.73. The van der Waals surface area contributed by atoms with Gasteiger partial charge >= 0.3 is 0 Å². The Morgan fingerprint density at radius 2 is 1.77 bits per heavy atom. The van der Waals surface area contributed by atoms with Crippen molar-refractivity contribution in [2.45, 2.75) is 31.7 Å². The predicted octanol–water partition coefficient (Wildman–Crippen LogP) is 6.05. The number of thiazole rings is 1. The quantitative estimate of drug-likeness (QED) is 0.306. The monoisotopic (exact) mass is 449 g/mol. The van der Waals surface area contributed by atoms with Crippen LogP contribution in [-0.4, -0.2) is 32.8 Å². The van der Waals surface area contributed by atoms with E-state index in [1.807, 2.05) is 7.05 Å². The van der Waals surface area contributed by atoms with Crippen LogP contribution in [0.5, 0.6) is 0 Å². The molecule has 0 amide bonds. The van der Waals surface area contributed by atoms with E-state index in [0.717, 1.165) is 46.1 Å². The van der Waals surface area contributed by atoms with E-state index in [0.29, 0.717) is 0 Å². The summed E-state index contributed by atoms with van der Waals surface area (Å²) < 4.78 is 2.06. The molecule has 5 nitrogen and oxygen atoms in total. The van der Waals surface area contributed by atoms with Gasteiger partial charge in [0, 0.05) is 48.1 Å². The van der Waals surface area contributed by atoms with Crippen molar-refractivity contribution in [3.8, 4) is 22.0 Å². The summed E-state index contributed by atoms with van der Waals surface area (Å²) >= 11 is 3.36. The van der Waals surface area contributed by atoms with Crippen LogP contribution in [0, 0.1) is 6.92 Å². The number of rotatable bonds is 8. The van der Waals surface area contributed by atoms with Gasteiger partial charge in [-0.1, -0.05) is 35.5 Å². The van der Waals surface area contributed by atoms with E-state index in [9.17, 15) is 0 Å². The zero-order valence-corrected chi connectivity index (χ0v) is 20.0. The molecule has 0 aliphatic heterocycles. The van der Waals surface area contributed by atoms with Crippen LogP contribution in [0.3, 0.4) is 0 Å². The van der Waals surface area contributed by atoms with Crippen molar-refractivity contribution in [1.29, 1.82) is 0 Å². The van der Waals surface area contributed by atoms with Crippen LogP contribution in [0.2, 0.25) is 0 Å². The molecule has 0 saturated heterocycles. The van der Waals surface area contributed by atoms with E-state index in [1.54, 1.807) is 23.1 Å². The van der Waals surface area contributed by atoms with E-state index >= 15 is 0 Å². The summed E-state index contributed by atoms with van der Waals surface area (Å²) in [4.78, 5) is 7.14. The second-order valence-electron chi connectivity index (χ2n) is 7.39. The summed E-state index contributed by atoms with van der Waals surface area (Å²) in [6, 6.07) is 17.0. The Labute approximate surface area is 192 Å². The number of hydrogen-bond acceptors (Lipinski definition) is 6. The van der Waals surface area contributed by atoms with Crippen LogP contribution in [-0.2, 0) is 12.8 Å². The lowest BCUT2D eigenvalue weighted by atomic mass is 10.1. The molecule has 0 saturated carbocycles. The molecular formula is C24H27N5S2. The van der Waals surface area contributed by atoms with Gasteiger partial charge in [0.05, 0.1) is 5.69 Å². The maximum Gasteiger partial charge on any atom is 0.191 e. The fourth-order valence-electron chi connectivity index (χ4n) is 3.52. The molecule has 2 aromatic carbocycles. The second kappa shape index (κ2) is 9.66. The molecule has 0 unspecified atom stereocenters. The van der Waals surface area contributed by atoms with Crippen molar-refractivity contribution in [3.63, 3.8) is 0 Å². The van der Waals surface area contributed by atoms with Gasteiger partial charge in [0.15, 0.2) is 11.0 Å². The maximum absolute atomic E-state index is 4.81. The molecular weight excluding hydrogens is 422 g/mol. The fraction of sp³-hybridized carbons (Fsp3) is 0.292. The molecule has 2 heterocycles. The van der Waals surface area contributed by atoms with Gasteiger partial charge in [0.25, 0.3) is 0 Å². The average Bonchev–Trinajstić information content (AvgIpc) is 3.40. The first-order valence-electron chi connectivity index (χ1n) is 10.5. The highest BCUT2D eigenvalue weighted by Gasteiger charge is 2.13. The normalized spacial score (nSPS) is 11.1. The Morgan fingerprint density at radius 3 is 2.48 bits per heavy atom. The Bertz CT molecular complexity index is 1140. The highest BCUT2D eigenvalue weighted by Crippen LogP contribution is 2.29. The van der Waals surface area contributed by atoms with Gasteiger partial charge in [0.1, 0.15) is 5.01 Å². The third-order valence-corrected chi connectivity index (χ3v) is 7.25. The van der Waals surface area contributed by atoms with Crippen molar-refractivity contribution in [3.05, 3.63) is 65.2 Å². The van der Waals surface area contributed by atoms with E-state index in [1.165, 1.54) is 16.8 Å². The molecule has 160 valence electrons. The maximum atomic E-state index is 4.81. The number of thioether (sulfide) groups is 1. The van der Waals surface area contributed by atoms with Gasteiger partial charge in [-0.05, 0) is 51.1 Å². The molecule has 0 aliphatic carbocycles. The van der Waals surface area contributed by atoms with Gasteiger partial charge in [-0.25, -0.2) is 4.98 Å². The van der Waals surface area contributed by atoms with Crippen molar-refractivity contribution in [1.82, 2.24) is 19.7 Å². The molecule has 31 heavy (non-hydrogen) atoms. The smallest absolute Gasteiger partial charge is 0.191 e. The molecule has 4 aromatic rings. The highest BCUT2D eigenvalue weighted by molar-refractivity contribution is 7.98. The largest absolute Gasteiger partial charge is 0.372 e. The first-order chi connectivity index (χ1) is 15.1. The standard InChI is InChI=1S/C24H27N5S2/c1-5-29(6-2)21-12-10-18(11-13-21)22-26-27-24(28(22)4)31-16-20-15-30-23(25-20)19-9-7-8-17(3)14-19/h7-15H,5-6,16H2,1-4H3.